The van der Waals surface area contributed by atoms with Crippen LogP contribution < -0.4 is 11.3 Å². The summed E-state index contributed by atoms with van der Waals surface area (Å²) in [5, 5.41) is 0. The Morgan fingerprint density at radius 1 is 1.27 bits per heavy atom. The minimum Gasteiger partial charge on any atom is -0.444 e. The number of hydrazine groups is 1. The van der Waals surface area contributed by atoms with Crippen LogP contribution in [-0.4, -0.2) is 29.0 Å². The van der Waals surface area contributed by atoms with Crippen LogP contribution in [0.2, 0.25) is 0 Å². The first-order chi connectivity index (χ1) is 10.3. The molecule has 0 spiro atoms. The lowest BCUT2D eigenvalue weighted by atomic mass is 9.99. The van der Waals surface area contributed by atoms with Gasteiger partial charge in [0.05, 0.1) is 12.0 Å². The van der Waals surface area contributed by atoms with Gasteiger partial charge in [0, 0.05) is 6.54 Å². The van der Waals surface area contributed by atoms with Crippen molar-refractivity contribution in [3.05, 3.63) is 35.9 Å². The van der Waals surface area contributed by atoms with Crippen molar-refractivity contribution >= 4 is 12.0 Å². The molecule has 120 valence electrons. The summed E-state index contributed by atoms with van der Waals surface area (Å²) in [5.41, 5.74) is 2.58. The first-order valence-corrected chi connectivity index (χ1v) is 7.37. The number of likely N-dealkylation sites (tertiary alicyclic amines) is 1. The molecule has 6 heteroatoms. The van der Waals surface area contributed by atoms with Crippen molar-refractivity contribution in [1.29, 1.82) is 0 Å². The predicted octanol–water partition coefficient (Wildman–Crippen LogP) is 1.97. The maximum atomic E-state index is 12.4. The average molecular weight is 305 g/mol. The molecule has 1 saturated heterocycles. The van der Waals surface area contributed by atoms with Crippen molar-refractivity contribution in [2.24, 2.45) is 11.8 Å². The third-order valence-electron chi connectivity index (χ3n) is 3.63. The number of nitrogens with one attached hydrogen (secondary N) is 1. The number of hydrogen-bond acceptors (Lipinski definition) is 4. The zero-order chi connectivity index (χ0) is 16.3. The zero-order valence-electron chi connectivity index (χ0n) is 13.2. The highest BCUT2D eigenvalue weighted by Gasteiger charge is 2.40. The van der Waals surface area contributed by atoms with Crippen molar-refractivity contribution in [1.82, 2.24) is 10.3 Å². The summed E-state index contributed by atoms with van der Waals surface area (Å²) in [4.78, 5) is 25.9. The van der Waals surface area contributed by atoms with Crippen molar-refractivity contribution in [2.75, 3.05) is 6.54 Å². The molecule has 2 amide bonds. The first-order valence-electron chi connectivity index (χ1n) is 7.37. The Labute approximate surface area is 130 Å². The Morgan fingerprint density at radius 2 is 1.91 bits per heavy atom. The monoisotopic (exact) mass is 305 g/mol. The lowest BCUT2D eigenvalue weighted by molar-refractivity contribution is -0.124. The van der Waals surface area contributed by atoms with Crippen LogP contribution in [0.3, 0.4) is 0 Å². The van der Waals surface area contributed by atoms with E-state index in [1.54, 1.807) is 4.90 Å². The van der Waals surface area contributed by atoms with Crippen LogP contribution in [0.25, 0.3) is 0 Å². The van der Waals surface area contributed by atoms with E-state index in [4.69, 9.17) is 10.6 Å². The number of nitrogens with two attached hydrogens (primary N) is 1. The van der Waals surface area contributed by atoms with Gasteiger partial charge in [0.1, 0.15) is 5.60 Å². The van der Waals surface area contributed by atoms with E-state index in [0.29, 0.717) is 13.0 Å². The molecule has 6 nitrogen and oxygen atoms in total. The molecule has 1 heterocycles. The Hall–Kier alpha value is -2.08. The van der Waals surface area contributed by atoms with Crippen LogP contribution in [0, 0.1) is 5.92 Å². The topological polar surface area (TPSA) is 84.7 Å². The van der Waals surface area contributed by atoms with Crippen molar-refractivity contribution in [3.63, 3.8) is 0 Å². The van der Waals surface area contributed by atoms with Crippen LogP contribution in [0.5, 0.6) is 0 Å². The lowest BCUT2D eigenvalue weighted by Gasteiger charge is -2.28. The molecule has 3 N–H and O–H groups in total. The van der Waals surface area contributed by atoms with E-state index in [-0.39, 0.29) is 17.9 Å². The van der Waals surface area contributed by atoms with Crippen LogP contribution >= 0.6 is 0 Å². The molecule has 0 bridgehead atoms. The number of carbonyl (C=O) groups is 2. The molecule has 0 aliphatic carbocycles. The number of nitrogens with zero attached hydrogens (tertiary/aromatic N) is 1. The van der Waals surface area contributed by atoms with Gasteiger partial charge in [-0.1, -0.05) is 30.3 Å². The number of rotatable bonds is 2. The van der Waals surface area contributed by atoms with Crippen molar-refractivity contribution in [3.8, 4) is 0 Å². The molecule has 0 unspecified atom stereocenters. The summed E-state index contributed by atoms with van der Waals surface area (Å²) in [6.07, 6.45) is 0.125. The van der Waals surface area contributed by atoms with Crippen LogP contribution in [-0.2, 0) is 9.53 Å². The van der Waals surface area contributed by atoms with Gasteiger partial charge >= 0.3 is 6.09 Å². The van der Waals surface area contributed by atoms with Crippen LogP contribution in [0.4, 0.5) is 4.79 Å². The standard InChI is InChI=1S/C16H23N3O3/c1-16(2,3)22-15(21)19-10-12(14(20)18-17)9-13(19)11-7-5-4-6-8-11/h4-8,12-13H,9-10,17H2,1-3H3,(H,18,20)/t12-,13-/m1/s1. The molecular formula is C16H23N3O3. The van der Waals surface area contributed by atoms with E-state index in [9.17, 15) is 9.59 Å². The third kappa shape index (κ3) is 3.76. The van der Waals surface area contributed by atoms with Crippen molar-refractivity contribution < 1.29 is 14.3 Å². The van der Waals surface area contributed by atoms with E-state index < -0.39 is 11.7 Å². The first kappa shape index (κ1) is 16.3. The summed E-state index contributed by atoms with van der Waals surface area (Å²) in [6.45, 7) is 5.77. The third-order valence-corrected chi connectivity index (χ3v) is 3.63. The molecule has 1 fully saturated rings. The van der Waals surface area contributed by atoms with Crippen LogP contribution in [0.15, 0.2) is 30.3 Å². The number of amides is 2. The summed E-state index contributed by atoms with van der Waals surface area (Å²) in [6, 6.07) is 9.46. The summed E-state index contributed by atoms with van der Waals surface area (Å²) in [5.74, 6) is 4.64. The SMILES string of the molecule is CC(C)(C)OC(=O)N1C[C@H](C(=O)NN)C[C@@H]1c1ccccc1. The minimum absolute atomic E-state index is 0.182. The largest absolute Gasteiger partial charge is 0.444 e. The van der Waals surface area contributed by atoms with Crippen molar-refractivity contribution in [2.45, 2.75) is 38.8 Å². The fourth-order valence-corrected chi connectivity index (χ4v) is 2.66. The molecule has 1 aliphatic rings. The van der Waals surface area contributed by atoms with Gasteiger partial charge < -0.3 is 9.64 Å². The van der Waals surface area contributed by atoms with Gasteiger partial charge in [0.15, 0.2) is 0 Å². The number of ether oxygens (including phenoxy) is 1. The second-order valence-electron chi connectivity index (χ2n) is 6.50. The molecular weight excluding hydrogens is 282 g/mol. The molecule has 0 saturated carbocycles. The fourth-order valence-electron chi connectivity index (χ4n) is 2.66. The highest BCUT2D eigenvalue weighted by Crippen LogP contribution is 2.36. The number of carbonyl (C=O) groups excluding carboxylic acids is 2. The maximum absolute atomic E-state index is 12.4. The average Bonchev–Trinajstić information content (AvgIpc) is 2.91. The van der Waals surface area contributed by atoms with E-state index >= 15 is 0 Å². The normalized spacial score (nSPS) is 21.5. The van der Waals surface area contributed by atoms with E-state index in [2.05, 4.69) is 5.43 Å². The molecule has 1 aromatic carbocycles. The van der Waals surface area contributed by atoms with Gasteiger partial charge in [-0.25, -0.2) is 10.6 Å². The molecule has 0 radical (unpaired) electrons. The molecule has 2 rings (SSSR count). The Morgan fingerprint density at radius 3 is 2.45 bits per heavy atom. The van der Waals surface area contributed by atoms with E-state index in [1.807, 2.05) is 51.1 Å². The molecule has 0 aromatic heterocycles. The fraction of sp³-hybridized carbons (Fsp3) is 0.500. The Bertz CT molecular complexity index is 539. The predicted molar refractivity (Wildman–Crippen MR) is 82.6 cm³/mol. The van der Waals surface area contributed by atoms with Gasteiger partial charge in [-0.15, -0.1) is 0 Å². The number of hydrogen-bond donors (Lipinski definition) is 2. The number of benzene rings is 1. The smallest absolute Gasteiger partial charge is 0.410 e. The van der Waals surface area contributed by atoms with Crippen LogP contribution in [0.1, 0.15) is 38.8 Å². The molecule has 1 aliphatic heterocycles. The maximum Gasteiger partial charge on any atom is 0.410 e. The lowest BCUT2D eigenvalue weighted by Crippen LogP contribution is -2.39. The zero-order valence-corrected chi connectivity index (χ0v) is 13.2. The molecule has 2 atom stereocenters. The molecule has 1 aromatic rings. The summed E-state index contributed by atoms with van der Waals surface area (Å²) in [7, 11) is 0. The Balaban J connectivity index is 2.23. The van der Waals surface area contributed by atoms with Gasteiger partial charge in [-0.3, -0.25) is 10.2 Å². The van der Waals surface area contributed by atoms with Gasteiger partial charge in [-0.05, 0) is 32.8 Å². The summed E-state index contributed by atoms with van der Waals surface area (Å²) >= 11 is 0. The molecule has 22 heavy (non-hydrogen) atoms. The summed E-state index contributed by atoms with van der Waals surface area (Å²) < 4.78 is 5.46. The Kier molecular flexibility index (Phi) is 4.71. The quantitative estimate of drug-likeness (QED) is 0.497. The van der Waals surface area contributed by atoms with E-state index in [1.165, 1.54) is 0 Å². The van der Waals surface area contributed by atoms with Gasteiger partial charge in [0.25, 0.3) is 0 Å². The highest BCUT2D eigenvalue weighted by molar-refractivity contribution is 5.80. The van der Waals surface area contributed by atoms with Gasteiger partial charge in [0.2, 0.25) is 5.91 Å². The second kappa shape index (κ2) is 6.36. The second-order valence-corrected chi connectivity index (χ2v) is 6.50. The highest BCUT2D eigenvalue weighted by atomic mass is 16.6. The van der Waals surface area contributed by atoms with Gasteiger partial charge in [-0.2, -0.15) is 0 Å². The van der Waals surface area contributed by atoms with E-state index in [0.717, 1.165) is 5.56 Å². The minimum atomic E-state index is -0.577.